The van der Waals surface area contributed by atoms with Crippen molar-refractivity contribution in [1.82, 2.24) is 24.6 Å². The summed E-state index contributed by atoms with van der Waals surface area (Å²) in [6.45, 7) is 2.01. The molecule has 164 valence electrons. The molecule has 0 atom stereocenters. The third kappa shape index (κ3) is 4.11. The number of H-pyrrole nitrogens is 1. The van der Waals surface area contributed by atoms with Crippen LogP contribution in [0.25, 0.3) is 16.6 Å². The quantitative estimate of drug-likeness (QED) is 0.678. The highest BCUT2D eigenvalue weighted by Crippen LogP contribution is 2.27. The van der Waals surface area contributed by atoms with E-state index in [9.17, 15) is 9.59 Å². The van der Waals surface area contributed by atoms with Crippen molar-refractivity contribution in [2.45, 2.75) is 57.4 Å². The first-order valence-corrected chi connectivity index (χ1v) is 11.6. The van der Waals surface area contributed by atoms with Gasteiger partial charge >= 0.3 is 0 Å². The first-order valence-electron chi connectivity index (χ1n) is 11.6. The van der Waals surface area contributed by atoms with Crippen LogP contribution in [0.1, 0.15) is 61.1 Å². The molecule has 2 N–H and O–H groups in total. The molecule has 0 radical (unpaired) electrons. The van der Waals surface area contributed by atoms with Crippen LogP contribution in [0, 0.1) is 5.92 Å². The molecule has 2 aromatic heterocycles. The van der Waals surface area contributed by atoms with Gasteiger partial charge in [0.05, 0.1) is 17.2 Å². The summed E-state index contributed by atoms with van der Waals surface area (Å²) in [5, 5.41) is 3.19. The Bertz CT molecular complexity index is 1150. The SMILES string of the molecule is CN1CCC(NC(=O)c2ccc3[nH]c(=O)c4cnc(CC5CCCCC5)n4c3c2)CC1. The van der Waals surface area contributed by atoms with Crippen molar-refractivity contribution in [2.75, 3.05) is 20.1 Å². The Labute approximate surface area is 181 Å². The molecule has 5 rings (SSSR count). The van der Waals surface area contributed by atoms with E-state index in [1.54, 1.807) is 12.3 Å². The summed E-state index contributed by atoms with van der Waals surface area (Å²) in [6.07, 6.45) is 10.8. The maximum Gasteiger partial charge on any atom is 0.274 e. The van der Waals surface area contributed by atoms with Crippen LogP contribution in [0.2, 0.25) is 0 Å². The molecule has 1 amide bonds. The summed E-state index contributed by atoms with van der Waals surface area (Å²) in [4.78, 5) is 35.4. The number of hydrogen-bond acceptors (Lipinski definition) is 4. The van der Waals surface area contributed by atoms with E-state index in [4.69, 9.17) is 0 Å². The van der Waals surface area contributed by atoms with Crippen LogP contribution in [-0.2, 0) is 6.42 Å². The van der Waals surface area contributed by atoms with Gasteiger partial charge in [0.1, 0.15) is 11.3 Å². The average molecular weight is 422 g/mol. The maximum atomic E-state index is 13.0. The lowest BCUT2D eigenvalue weighted by molar-refractivity contribution is 0.0917. The second-order valence-electron chi connectivity index (χ2n) is 9.34. The van der Waals surface area contributed by atoms with E-state index < -0.39 is 0 Å². The number of hydrogen-bond donors (Lipinski definition) is 2. The van der Waals surface area contributed by atoms with Crippen molar-refractivity contribution in [3.8, 4) is 0 Å². The molecule has 3 aromatic rings. The molecule has 0 spiro atoms. The largest absolute Gasteiger partial charge is 0.349 e. The van der Waals surface area contributed by atoms with Crippen LogP contribution in [0.3, 0.4) is 0 Å². The lowest BCUT2D eigenvalue weighted by atomic mass is 9.87. The topological polar surface area (TPSA) is 82.5 Å². The summed E-state index contributed by atoms with van der Waals surface area (Å²) < 4.78 is 1.97. The van der Waals surface area contributed by atoms with Gasteiger partial charge in [0.2, 0.25) is 0 Å². The highest BCUT2D eigenvalue weighted by molar-refractivity contribution is 5.97. The number of likely N-dealkylation sites (tertiary alicyclic amines) is 1. The van der Waals surface area contributed by atoms with Crippen molar-refractivity contribution >= 4 is 22.5 Å². The number of rotatable bonds is 4. The summed E-state index contributed by atoms with van der Waals surface area (Å²) in [5.41, 5.74) is 2.60. The normalized spacial score (nSPS) is 19.3. The molecule has 31 heavy (non-hydrogen) atoms. The van der Waals surface area contributed by atoms with Crippen LogP contribution in [0.5, 0.6) is 0 Å². The number of piperidine rings is 1. The van der Waals surface area contributed by atoms with Crippen LogP contribution < -0.4 is 10.9 Å². The molecule has 1 saturated carbocycles. The Hall–Kier alpha value is -2.67. The van der Waals surface area contributed by atoms with Gasteiger partial charge in [0, 0.05) is 18.0 Å². The maximum absolute atomic E-state index is 13.0. The molecule has 7 nitrogen and oxygen atoms in total. The fraction of sp³-hybridized carbons (Fsp3) is 0.542. The Morgan fingerprint density at radius 1 is 1.13 bits per heavy atom. The molecule has 1 saturated heterocycles. The first-order chi connectivity index (χ1) is 15.1. The van der Waals surface area contributed by atoms with Crippen LogP contribution in [-0.4, -0.2) is 51.4 Å². The van der Waals surface area contributed by atoms with Crippen molar-refractivity contribution in [3.05, 3.63) is 46.1 Å². The summed E-state index contributed by atoms with van der Waals surface area (Å²) in [7, 11) is 2.11. The Morgan fingerprint density at radius 2 is 1.90 bits per heavy atom. The molecule has 2 fully saturated rings. The number of nitrogens with zero attached hydrogens (tertiary/aromatic N) is 3. The third-order valence-electron chi connectivity index (χ3n) is 7.07. The molecule has 0 bridgehead atoms. The highest BCUT2D eigenvalue weighted by Gasteiger charge is 2.21. The van der Waals surface area contributed by atoms with Crippen molar-refractivity contribution in [3.63, 3.8) is 0 Å². The molecular weight excluding hydrogens is 390 g/mol. The number of nitrogens with one attached hydrogen (secondary N) is 2. The van der Waals surface area contributed by atoms with E-state index in [1.807, 2.05) is 16.5 Å². The Kier molecular flexibility index (Phi) is 5.52. The minimum atomic E-state index is -0.140. The summed E-state index contributed by atoms with van der Waals surface area (Å²) in [6, 6.07) is 5.75. The first kappa shape index (κ1) is 20.2. The van der Waals surface area contributed by atoms with Gasteiger partial charge in [-0.25, -0.2) is 4.98 Å². The van der Waals surface area contributed by atoms with Crippen LogP contribution in [0.4, 0.5) is 0 Å². The predicted octanol–water partition coefficient (Wildman–Crippen LogP) is 3.12. The molecule has 2 aliphatic rings. The molecule has 7 heteroatoms. The monoisotopic (exact) mass is 421 g/mol. The number of aromatic amines is 1. The van der Waals surface area contributed by atoms with E-state index >= 15 is 0 Å². The number of amides is 1. The van der Waals surface area contributed by atoms with Crippen LogP contribution >= 0.6 is 0 Å². The van der Waals surface area contributed by atoms with Gasteiger partial charge in [-0.05, 0) is 57.1 Å². The minimum absolute atomic E-state index is 0.0512. The minimum Gasteiger partial charge on any atom is -0.349 e. The van der Waals surface area contributed by atoms with Crippen molar-refractivity contribution in [1.29, 1.82) is 0 Å². The number of benzene rings is 1. The molecule has 0 unspecified atom stereocenters. The average Bonchev–Trinajstić information content (AvgIpc) is 3.20. The van der Waals surface area contributed by atoms with Gasteiger partial charge in [0.25, 0.3) is 11.5 Å². The third-order valence-corrected chi connectivity index (χ3v) is 7.07. The molecule has 3 heterocycles. The summed E-state index contributed by atoms with van der Waals surface area (Å²) in [5.74, 6) is 1.49. The summed E-state index contributed by atoms with van der Waals surface area (Å²) >= 11 is 0. The number of fused-ring (bicyclic) bond motifs is 3. The fourth-order valence-electron chi connectivity index (χ4n) is 5.18. The van der Waals surface area contributed by atoms with Crippen molar-refractivity contribution < 1.29 is 4.79 Å². The van der Waals surface area contributed by atoms with E-state index in [0.29, 0.717) is 17.0 Å². The van der Waals surface area contributed by atoms with E-state index in [2.05, 4.69) is 27.2 Å². The zero-order valence-corrected chi connectivity index (χ0v) is 18.2. The van der Waals surface area contributed by atoms with Crippen molar-refractivity contribution in [2.24, 2.45) is 5.92 Å². The predicted molar refractivity (Wildman–Crippen MR) is 122 cm³/mol. The second-order valence-corrected chi connectivity index (χ2v) is 9.34. The van der Waals surface area contributed by atoms with Crippen LogP contribution in [0.15, 0.2) is 29.2 Å². The number of imidazole rings is 1. The van der Waals surface area contributed by atoms with Gasteiger partial charge in [0.15, 0.2) is 0 Å². The van der Waals surface area contributed by atoms with Gasteiger partial charge in [-0.15, -0.1) is 0 Å². The second kappa shape index (κ2) is 8.46. The zero-order chi connectivity index (χ0) is 21.4. The van der Waals surface area contributed by atoms with E-state index in [0.717, 1.165) is 49.2 Å². The lowest BCUT2D eigenvalue weighted by Gasteiger charge is -2.29. The van der Waals surface area contributed by atoms with Gasteiger partial charge < -0.3 is 15.2 Å². The van der Waals surface area contributed by atoms with E-state index in [1.165, 1.54) is 32.1 Å². The fourth-order valence-corrected chi connectivity index (χ4v) is 5.18. The number of carbonyl (C=O) groups is 1. The molecule has 1 aliphatic carbocycles. The number of aromatic nitrogens is 3. The standard InChI is InChI=1S/C24H31N5O2/c1-28-11-9-18(10-12-28)26-23(30)17-7-8-19-20(14-17)29-21(24(31)27-19)15-25-22(29)13-16-5-3-2-4-6-16/h7-8,14-16,18H,2-6,9-13H2,1H3,(H,26,30)(H,27,31). The Morgan fingerprint density at radius 3 is 2.68 bits per heavy atom. The highest BCUT2D eigenvalue weighted by atomic mass is 16.1. The van der Waals surface area contributed by atoms with Gasteiger partial charge in [-0.3, -0.25) is 14.0 Å². The molecular formula is C24H31N5O2. The van der Waals surface area contributed by atoms with Gasteiger partial charge in [-0.2, -0.15) is 0 Å². The zero-order valence-electron chi connectivity index (χ0n) is 18.2. The number of carbonyl (C=O) groups excluding carboxylic acids is 1. The molecule has 1 aromatic carbocycles. The Balaban J connectivity index is 1.48. The van der Waals surface area contributed by atoms with Gasteiger partial charge in [-0.1, -0.05) is 32.1 Å². The molecule has 1 aliphatic heterocycles. The van der Waals surface area contributed by atoms with E-state index in [-0.39, 0.29) is 17.5 Å². The lowest BCUT2D eigenvalue weighted by Crippen LogP contribution is -2.43. The smallest absolute Gasteiger partial charge is 0.274 e.